The van der Waals surface area contributed by atoms with Crippen LogP contribution in [0.1, 0.15) is 30.5 Å². The average molecular weight is 237 g/mol. The van der Waals surface area contributed by atoms with Crippen molar-refractivity contribution in [2.45, 2.75) is 39.7 Å². The van der Waals surface area contributed by atoms with Crippen LogP contribution in [0.2, 0.25) is 0 Å². The Balaban J connectivity index is 3.37. The summed E-state index contributed by atoms with van der Waals surface area (Å²) < 4.78 is 10.9. The van der Waals surface area contributed by atoms with Gasteiger partial charge in [0.2, 0.25) is 0 Å². The Morgan fingerprint density at radius 3 is 2.18 bits per heavy atom. The van der Waals surface area contributed by atoms with Crippen molar-refractivity contribution in [3.63, 3.8) is 0 Å². The summed E-state index contributed by atoms with van der Waals surface area (Å²) in [5.74, 6) is 1.81. The van der Waals surface area contributed by atoms with Gasteiger partial charge in [0.15, 0.2) is 0 Å². The standard InChI is InChI=1S/C14H23NO2/c1-9-7-12(16-5)10(2)11(13(9)17-6)8-14(3,4)15/h7H,8,15H2,1-6H3. The number of hydrogen-bond acceptors (Lipinski definition) is 3. The molecule has 0 saturated carbocycles. The molecule has 0 saturated heterocycles. The Morgan fingerprint density at radius 1 is 1.18 bits per heavy atom. The Hall–Kier alpha value is -1.22. The summed E-state index contributed by atoms with van der Waals surface area (Å²) in [5, 5.41) is 0. The van der Waals surface area contributed by atoms with Gasteiger partial charge < -0.3 is 15.2 Å². The summed E-state index contributed by atoms with van der Waals surface area (Å²) in [6, 6.07) is 2.00. The van der Waals surface area contributed by atoms with Gasteiger partial charge in [-0.25, -0.2) is 0 Å². The highest BCUT2D eigenvalue weighted by Gasteiger charge is 2.20. The molecule has 0 heterocycles. The number of rotatable bonds is 4. The molecule has 0 aromatic heterocycles. The van der Waals surface area contributed by atoms with Gasteiger partial charge in [-0.3, -0.25) is 0 Å². The molecule has 0 amide bonds. The first-order valence-corrected chi connectivity index (χ1v) is 5.80. The lowest BCUT2D eigenvalue weighted by atomic mass is 9.90. The van der Waals surface area contributed by atoms with Crippen LogP contribution in [0, 0.1) is 13.8 Å². The minimum atomic E-state index is -0.267. The van der Waals surface area contributed by atoms with Gasteiger partial charge in [-0.1, -0.05) is 0 Å². The second-order valence-electron chi connectivity index (χ2n) is 5.20. The molecule has 1 aromatic carbocycles. The maximum atomic E-state index is 6.11. The van der Waals surface area contributed by atoms with Crippen LogP contribution in [0.4, 0.5) is 0 Å². The van der Waals surface area contributed by atoms with E-state index in [1.54, 1.807) is 14.2 Å². The van der Waals surface area contributed by atoms with E-state index >= 15 is 0 Å². The number of ether oxygens (including phenoxy) is 2. The number of aryl methyl sites for hydroxylation is 1. The van der Waals surface area contributed by atoms with Crippen molar-refractivity contribution < 1.29 is 9.47 Å². The molecule has 0 fully saturated rings. The molecule has 96 valence electrons. The molecular weight excluding hydrogens is 214 g/mol. The summed E-state index contributed by atoms with van der Waals surface area (Å²) in [7, 11) is 3.38. The minimum absolute atomic E-state index is 0.267. The van der Waals surface area contributed by atoms with Gasteiger partial charge in [-0.15, -0.1) is 0 Å². The molecule has 0 aliphatic carbocycles. The third-order valence-electron chi connectivity index (χ3n) is 2.86. The zero-order valence-corrected chi connectivity index (χ0v) is 11.7. The van der Waals surface area contributed by atoms with Gasteiger partial charge in [-0.05, 0) is 51.3 Å². The molecule has 17 heavy (non-hydrogen) atoms. The van der Waals surface area contributed by atoms with Gasteiger partial charge in [0, 0.05) is 11.1 Å². The molecule has 0 aliphatic rings. The Kier molecular flexibility index (Phi) is 4.04. The molecule has 1 rings (SSSR count). The monoisotopic (exact) mass is 237 g/mol. The van der Waals surface area contributed by atoms with Crippen LogP contribution in [0.3, 0.4) is 0 Å². The van der Waals surface area contributed by atoms with E-state index in [0.717, 1.165) is 34.6 Å². The molecule has 0 unspecified atom stereocenters. The van der Waals surface area contributed by atoms with Gasteiger partial charge in [-0.2, -0.15) is 0 Å². The molecule has 3 nitrogen and oxygen atoms in total. The van der Waals surface area contributed by atoms with Crippen molar-refractivity contribution in [1.82, 2.24) is 0 Å². The topological polar surface area (TPSA) is 44.5 Å². The Morgan fingerprint density at radius 2 is 1.76 bits per heavy atom. The predicted octanol–water partition coefficient (Wildman–Crippen LogP) is 2.60. The zero-order chi connectivity index (χ0) is 13.2. The fourth-order valence-corrected chi connectivity index (χ4v) is 2.09. The van der Waals surface area contributed by atoms with E-state index in [2.05, 4.69) is 0 Å². The zero-order valence-electron chi connectivity index (χ0n) is 11.7. The van der Waals surface area contributed by atoms with E-state index in [4.69, 9.17) is 15.2 Å². The normalized spacial score (nSPS) is 11.5. The summed E-state index contributed by atoms with van der Waals surface area (Å²) in [5.41, 5.74) is 9.16. The molecule has 0 atom stereocenters. The van der Waals surface area contributed by atoms with Gasteiger partial charge in [0.05, 0.1) is 14.2 Å². The van der Waals surface area contributed by atoms with Gasteiger partial charge >= 0.3 is 0 Å². The number of benzene rings is 1. The van der Waals surface area contributed by atoms with Crippen molar-refractivity contribution >= 4 is 0 Å². The van der Waals surface area contributed by atoms with Crippen LogP contribution in [-0.2, 0) is 6.42 Å². The smallest absolute Gasteiger partial charge is 0.125 e. The largest absolute Gasteiger partial charge is 0.496 e. The minimum Gasteiger partial charge on any atom is -0.496 e. The van der Waals surface area contributed by atoms with E-state index < -0.39 is 0 Å². The summed E-state index contributed by atoms with van der Waals surface area (Å²) >= 11 is 0. The van der Waals surface area contributed by atoms with Crippen LogP contribution in [-0.4, -0.2) is 19.8 Å². The van der Waals surface area contributed by atoms with E-state index in [9.17, 15) is 0 Å². The quantitative estimate of drug-likeness (QED) is 0.875. The van der Waals surface area contributed by atoms with Gasteiger partial charge in [0.1, 0.15) is 11.5 Å². The van der Waals surface area contributed by atoms with Crippen LogP contribution < -0.4 is 15.2 Å². The third-order valence-corrected chi connectivity index (χ3v) is 2.86. The Labute approximate surface area is 104 Å². The van der Waals surface area contributed by atoms with Crippen molar-refractivity contribution in [2.24, 2.45) is 5.73 Å². The molecule has 1 aromatic rings. The van der Waals surface area contributed by atoms with E-state index in [0.29, 0.717) is 0 Å². The fourth-order valence-electron chi connectivity index (χ4n) is 2.09. The molecule has 0 bridgehead atoms. The molecule has 0 spiro atoms. The van der Waals surface area contributed by atoms with Crippen molar-refractivity contribution in [3.8, 4) is 11.5 Å². The van der Waals surface area contributed by atoms with Gasteiger partial charge in [0.25, 0.3) is 0 Å². The summed E-state index contributed by atoms with van der Waals surface area (Å²) in [4.78, 5) is 0. The third kappa shape index (κ3) is 3.13. The number of nitrogens with two attached hydrogens (primary N) is 1. The molecular formula is C14H23NO2. The van der Waals surface area contributed by atoms with Crippen molar-refractivity contribution in [1.29, 1.82) is 0 Å². The first-order valence-electron chi connectivity index (χ1n) is 5.80. The van der Waals surface area contributed by atoms with Crippen molar-refractivity contribution in [2.75, 3.05) is 14.2 Å². The van der Waals surface area contributed by atoms with Crippen LogP contribution in [0.15, 0.2) is 6.07 Å². The Bertz CT molecular complexity index is 406. The lowest BCUT2D eigenvalue weighted by Gasteiger charge is -2.24. The van der Waals surface area contributed by atoms with Crippen LogP contribution in [0.5, 0.6) is 11.5 Å². The lowest BCUT2D eigenvalue weighted by Crippen LogP contribution is -2.35. The van der Waals surface area contributed by atoms with E-state index in [1.807, 2.05) is 33.8 Å². The van der Waals surface area contributed by atoms with Crippen LogP contribution in [0.25, 0.3) is 0 Å². The first kappa shape index (κ1) is 13.8. The second-order valence-corrected chi connectivity index (χ2v) is 5.20. The molecule has 2 N–H and O–H groups in total. The second kappa shape index (κ2) is 4.96. The van der Waals surface area contributed by atoms with Crippen molar-refractivity contribution in [3.05, 3.63) is 22.8 Å². The number of methoxy groups -OCH3 is 2. The highest BCUT2D eigenvalue weighted by Crippen LogP contribution is 2.35. The SMILES string of the molecule is COc1cc(C)c(OC)c(CC(C)(C)N)c1C. The maximum absolute atomic E-state index is 6.11. The molecule has 3 heteroatoms. The highest BCUT2D eigenvalue weighted by atomic mass is 16.5. The highest BCUT2D eigenvalue weighted by molar-refractivity contribution is 5.53. The van der Waals surface area contributed by atoms with Crippen LogP contribution >= 0.6 is 0 Å². The van der Waals surface area contributed by atoms with E-state index in [-0.39, 0.29) is 5.54 Å². The molecule has 0 radical (unpaired) electrons. The first-order chi connectivity index (χ1) is 7.80. The predicted molar refractivity (Wildman–Crippen MR) is 71.0 cm³/mol. The fraction of sp³-hybridized carbons (Fsp3) is 0.571. The number of hydrogen-bond donors (Lipinski definition) is 1. The summed E-state index contributed by atoms with van der Waals surface area (Å²) in [6.45, 7) is 8.09. The summed E-state index contributed by atoms with van der Waals surface area (Å²) in [6.07, 6.45) is 0.764. The average Bonchev–Trinajstić information content (AvgIpc) is 2.21. The molecule has 0 aliphatic heterocycles. The maximum Gasteiger partial charge on any atom is 0.125 e. The lowest BCUT2D eigenvalue weighted by molar-refractivity contribution is 0.387. The van der Waals surface area contributed by atoms with E-state index in [1.165, 1.54) is 0 Å².